The number of carbonyl (C=O) groups is 2. The maximum Gasteiger partial charge on any atom is 0.354 e. The van der Waals surface area contributed by atoms with Gasteiger partial charge in [-0.3, -0.25) is 0 Å². The molecule has 21 heavy (non-hydrogen) atoms. The molecule has 0 bridgehead atoms. The number of hydrogen-bond donors (Lipinski definition) is 2. The third kappa shape index (κ3) is 3.43. The second-order valence-electron chi connectivity index (χ2n) is 4.10. The van der Waals surface area contributed by atoms with Crippen molar-refractivity contribution < 1.29 is 19.1 Å². The lowest BCUT2D eigenvalue weighted by atomic mass is 10.2. The van der Waals surface area contributed by atoms with Crippen LogP contribution in [-0.4, -0.2) is 31.1 Å². The van der Waals surface area contributed by atoms with E-state index in [0.717, 1.165) is 21.5 Å². The van der Waals surface area contributed by atoms with Crippen molar-refractivity contribution in [1.29, 1.82) is 0 Å². The van der Waals surface area contributed by atoms with E-state index in [2.05, 4.69) is 35.7 Å². The molecule has 2 rings (SSSR count). The average Bonchev–Trinajstić information content (AvgIpc) is 2.94. The number of aromatic nitrogens is 1. The van der Waals surface area contributed by atoms with Crippen molar-refractivity contribution >= 4 is 44.5 Å². The first-order valence-electron chi connectivity index (χ1n) is 5.96. The summed E-state index contributed by atoms with van der Waals surface area (Å²) in [7, 11) is 2.47. The van der Waals surface area contributed by atoms with Crippen molar-refractivity contribution in [3.8, 4) is 0 Å². The second kappa shape index (κ2) is 6.45. The van der Waals surface area contributed by atoms with E-state index in [1.165, 1.54) is 14.2 Å². The van der Waals surface area contributed by atoms with Gasteiger partial charge in [0.25, 0.3) is 0 Å². The molecular weight excluding hydrogens is 340 g/mol. The lowest BCUT2D eigenvalue weighted by Gasteiger charge is -2.10. The Kier molecular flexibility index (Phi) is 4.64. The second-order valence-corrected chi connectivity index (χ2v) is 4.95. The molecule has 0 aliphatic rings. The summed E-state index contributed by atoms with van der Waals surface area (Å²) in [6, 6.07) is 5.52. The summed E-state index contributed by atoms with van der Waals surface area (Å²) in [6.07, 6.45) is 2.85. The number of hydrogen-bond acceptors (Lipinski definition) is 5. The minimum Gasteiger partial charge on any atom is -0.466 e. The molecule has 7 heteroatoms. The van der Waals surface area contributed by atoms with Gasteiger partial charge in [-0.1, -0.05) is 0 Å². The lowest BCUT2D eigenvalue weighted by Crippen LogP contribution is -2.15. The highest BCUT2D eigenvalue weighted by atomic mass is 79.9. The topological polar surface area (TPSA) is 80.4 Å². The van der Waals surface area contributed by atoms with Gasteiger partial charge in [-0.25, -0.2) is 9.59 Å². The van der Waals surface area contributed by atoms with Gasteiger partial charge in [-0.15, -0.1) is 0 Å². The Morgan fingerprint density at radius 2 is 2.05 bits per heavy atom. The Morgan fingerprint density at radius 1 is 1.29 bits per heavy atom. The number of H-pyrrole nitrogens is 1. The molecule has 2 aromatic rings. The van der Waals surface area contributed by atoms with Crippen molar-refractivity contribution in [2.75, 3.05) is 19.5 Å². The fourth-order valence-corrected chi connectivity index (χ4v) is 2.38. The number of esters is 2. The van der Waals surface area contributed by atoms with Gasteiger partial charge in [0, 0.05) is 21.7 Å². The fourth-order valence-electron chi connectivity index (χ4n) is 1.79. The molecule has 0 fully saturated rings. The number of carbonyl (C=O) groups excluding carboxylic acids is 2. The maximum atomic E-state index is 11.7. The van der Waals surface area contributed by atoms with Gasteiger partial charge in [0.2, 0.25) is 0 Å². The molecular formula is C14H13BrN2O4. The zero-order valence-electron chi connectivity index (χ0n) is 11.4. The third-order valence-electron chi connectivity index (χ3n) is 2.76. The molecule has 0 aliphatic carbocycles. The molecule has 110 valence electrons. The number of benzene rings is 1. The smallest absolute Gasteiger partial charge is 0.354 e. The van der Waals surface area contributed by atoms with Crippen LogP contribution in [0.4, 0.5) is 5.69 Å². The molecule has 0 saturated heterocycles. The van der Waals surface area contributed by atoms with Gasteiger partial charge in [0.1, 0.15) is 5.70 Å². The van der Waals surface area contributed by atoms with Gasteiger partial charge >= 0.3 is 11.9 Å². The van der Waals surface area contributed by atoms with Crippen molar-refractivity contribution in [1.82, 2.24) is 4.98 Å². The van der Waals surface area contributed by atoms with Crippen molar-refractivity contribution in [2.24, 2.45) is 0 Å². The van der Waals surface area contributed by atoms with Crippen molar-refractivity contribution in [3.05, 3.63) is 40.6 Å². The number of methoxy groups -OCH3 is 2. The molecule has 0 saturated carbocycles. The quantitative estimate of drug-likeness (QED) is 0.652. The van der Waals surface area contributed by atoms with Gasteiger partial charge < -0.3 is 19.8 Å². The summed E-state index contributed by atoms with van der Waals surface area (Å²) in [5.74, 6) is -1.31. The van der Waals surface area contributed by atoms with E-state index < -0.39 is 11.9 Å². The van der Waals surface area contributed by atoms with Crippen molar-refractivity contribution in [3.63, 3.8) is 0 Å². The summed E-state index contributed by atoms with van der Waals surface area (Å²) < 4.78 is 9.98. The standard InChI is InChI=1S/C14H13BrN2O4/c1-20-12(18)7-11(14(19)21-2)17-9-5-8-3-4-16-13(8)10(15)6-9/h3-7,16-17H,1-2H3/b11-7+. The molecule has 1 aromatic carbocycles. The summed E-state index contributed by atoms with van der Waals surface area (Å²) in [5, 5.41) is 3.81. The summed E-state index contributed by atoms with van der Waals surface area (Å²) >= 11 is 3.44. The summed E-state index contributed by atoms with van der Waals surface area (Å²) in [5.41, 5.74) is 1.57. The van der Waals surface area contributed by atoms with Crippen LogP contribution in [0.1, 0.15) is 0 Å². The minimum absolute atomic E-state index is 0.00821. The number of nitrogens with one attached hydrogen (secondary N) is 2. The van der Waals surface area contributed by atoms with E-state index in [1.54, 1.807) is 6.07 Å². The largest absolute Gasteiger partial charge is 0.466 e. The average molecular weight is 353 g/mol. The number of rotatable bonds is 4. The molecule has 0 unspecified atom stereocenters. The SMILES string of the molecule is COC(=O)/C=C(/Nc1cc(Br)c2[nH]ccc2c1)C(=O)OC. The first kappa shape index (κ1) is 15.1. The summed E-state index contributed by atoms with van der Waals surface area (Å²) in [4.78, 5) is 26.1. The van der Waals surface area contributed by atoms with E-state index in [0.29, 0.717) is 5.69 Å². The van der Waals surface area contributed by atoms with Crippen LogP contribution in [0.25, 0.3) is 10.9 Å². The summed E-state index contributed by atoms with van der Waals surface area (Å²) in [6.45, 7) is 0. The van der Waals surface area contributed by atoms with E-state index in [9.17, 15) is 9.59 Å². The van der Waals surface area contributed by atoms with Crippen LogP contribution in [-0.2, 0) is 19.1 Å². The molecule has 0 amide bonds. The van der Waals surface area contributed by atoms with Crippen LogP contribution in [0.2, 0.25) is 0 Å². The zero-order valence-corrected chi connectivity index (χ0v) is 13.0. The Hall–Kier alpha value is -2.28. The fraction of sp³-hybridized carbons (Fsp3) is 0.143. The Morgan fingerprint density at radius 3 is 2.71 bits per heavy atom. The first-order valence-corrected chi connectivity index (χ1v) is 6.76. The Balaban J connectivity index is 2.36. The molecule has 1 aromatic heterocycles. The van der Waals surface area contributed by atoms with Crippen LogP contribution < -0.4 is 5.32 Å². The van der Waals surface area contributed by atoms with Gasteiger partial charge in [-0.2, -0.15) is 0 Å². The highest BCUT2D eigenvalue weighted by Gasteiger charge is 2.13. The van der Waals surface area contributed by atoms with Gasteiger partial charge in [0.05, 0.1) is 25.8 Å². The first-order chi connectivity index (χ1) is 10.0. The molecule has 6 nitrogen and oxygen atoms in total. The lowest BCUT2D eigenvalue weighted by molar-refractivity contribution is -0.138. The number of fused-ring (bicyclic) bond motifs is 1. The highest BCUT2D eigenvalue weighted by molar-refractivity contribution is 9.10. The Bertz CT molecular complexity index is 721. The van der Waals surface area contributed by atoms with Gasteiger partial charge in [0.15, 0.2) is 0 Å². The van der Waals surface area contributed by atoms with Crippen LogP contribution in [0, 0.1) is 0 Å². The van der Waals surface area contributed by atoms with Crippen LogP contribution in [0.3, 0.4) is 0 Å². The molecule has 2 N–H and O–H groups in total. The molecule has 0 spiro atoms. The molecule has 0 radical (unpaired) electrons. The van der Waals surface area contributed by atoms with Gasteiger partial charge in [-0.05, 0) is 34.1 Å². The van der Waals surface area contributed by atoms with E-state index in [1.807, 2.05) is 18.3 Å². The Labute approximate surface area is 129 Å². The zero-order chi connectivity index (χ0) is 15.4. The highest BCUT2D eigenvalue weighted by Crippen LogP contribution is 2.27. The van der Waals surface area contributed by atoms with Crippen molar-refractivity contribution in [2.45, 2.75) is 0 Å². The van der Waals surface area contributed by atoms with Crippen LogP contribution >= 0.6 is 15.9 Å². The van der Waals surface area contributed by atoms with E-state index in [-0.39, 0.29) is 5.70 Å². The number of ether oxygens (including phenoxy) is 2. The molecule has 0 aliphatic heterocycles. The normalized spacial score (nSPS) is 11.3. The predicted molar refractivity (Wildman–Crippen MR) is 81.7 cm³/mol. The van der Waals surface area contributed by atoms with Crippen LogP contribution in [0.5, 0.6) is 0 Å². The third-order valence-corrected chi connectivity index (χ3v) is 3.38. The van der Waals surface area contributed by atoms with E-state index in [4.69, 9.17) is 0 Å². The minimum atomic E-state index is -0.661. The number of aromatic amines is 1. The molecule has 0 atom stereocenters. The maximum absolute atomic E-state index is 11.7. The predicted octanol–water partition coefficient (Wildman–Crippen LogP) is 2.57. The number of halogens is 1. The van der Waals surface area contributed by atoms with E-state index >= 15 is 0 Å². The van der Waals surface area contributed by atoms with Crippen LogP contribution in [0.15, 0.2) is 40.6 Å². The number of anilines is 1. The monoisotopic (exact) mass is 352 g/mol. The molecule has 1 heterocycles.